The van der Waals surface area contributed by atoms with Gasteiger partial charge in [-0.25, -0.2) is 9.82 Å². The standard InChI is InChI=1S/C21H24FN7O2.ClH/c1-5-31-17-11-6-14(12-18(17)30-4)13-23-28-20-25-19(26-21(27-20)29(2)3)24-16-9-7-15(22)8-10-16;/h6-13H,5H2,1-4H3,(H2,24,25,26,27,28);1H. The Hall–Kier alpha value is -3.66. The maximum atomic E-state index is 13.1. The monoisotopic (exact) mass is 461 g/mol. The number of hydrogen-bond donors (Lipinski definition) is 2. The number of nitrogens with zero attached hydrogens (tertiary/aromatic N) is 5. The van der Waals surface area contributed by atoms with Crippen LogP contribution in [0.3, 0.4) is 0 Å². The lowest BCUT2D eigenvalue weighted by atomic mass is 10.2. The summed E-state index contributed by atoms with van der Waals surface area (Å²) in [5.41, 5.74) is 4.26. The van der Waals surface area contributed by atoms with E-state index >= 15 is 0 Å². The van der Waals surface area contributed by atoms with Crippen molar-refractivity contribution >= 4 is 42.2 Å². The molecule has 1 aromatic heterocycles. The first-order chi connectivity index (χ1) is 15.0. The van der Waals surface area contributed by atoms with E-state index in [4.69, 9.17) is 9.47 Å². The molecule has 0 radical (unpaired) electrons. The van der Waals surface area contributed by atoms with Gasteiger partial charge in [0.2, 0.25) is 17.8 Å². The molecule has 3 rings (SSSR count). The fourth-order valence-corrected chi connectivity index (χ4v) is 2.54. The lowest BCUT2D eigenvalue weighted by Gasteiger charge is -2.13. The molecule has 0 aliphatic rings. The summed E-state index contributed by atoms with van der Waals surface area (Å²) >= 11 is 0. The van der Waals surface area contributed by atoms with Gasteiger partial charge >= 0.3 is 0 Å². The normalized spacial score (nSPS) is 10.4. The summed E-state index contributed by atoms with van der Waals surface area (Å²) in [5.74, 6) is 1.94. The van der Waals surface area contributed by atoms with Crippen molar-refractivity contribution in [2.75, 3.05) is 43.5 Å². The first-order valence-electron chi connectivity index (χ1n) is 9.54. The summed E-state index contributed by atoms with van der Waals surface area (Å²) in [6.07, 6.45) is 1.62. The van der Waals surface area contributed by atoms with Crippen LogP contribution in [0.1, 0.15) is 12.5 Å². The zero-order chi connectivity index (χ0) is 22.2. The van der Waals surface area contributed by atoms with Gasteiger partial charge in [0.25, 0.3) is 0 Å². The summed E-state index contributed by atoms with van der Waals surface area (Å²) in [5, 5.41) is 7.23. The van der Waals surface area contributed by atoms with Gasteiger partial charge in [0, 0.05) is 19.8 Å². The second kappa shape index (κ2) is 11.7. The number of nitrogens with one attached hydrogen (secondary N) is 2. The third kappa shape index (κ3) is 6.67. The van der Waals surface area contributed by atoms with Crippen LogP contribution >= 0.6 is 12.4 Å². The van der Waals surface area contributed by atoms with Gasteiger partial charge in [-0.3, -0.25) is 0 Å². The average molecular weight is 462 g/mol. The fourth-order valence-electron chi connectivity index (χ4n) is 2.54. The molecule has 0 aliphatic carbocycles. The first kappa shape index (κ1) is 24.6. The SMILES string of the molecule is CCOc1ccc(C=NNc2nc(Nc3ccc(F)cc3)nc(N(C)C)n2)cc1OC.Cl. The van der Waals surface area contributed by atoms with E-state index in [-0.39, 0.29) is 24.2 Å². The molecule has 3 aromatic rings. The van der Waals surface area contributed by atoms with E-state index in [0.29, 0.717) is 35.7 Å². The molecule has 2 N–H and O–H groups in total. The lowest BCUT2D eigenvalue weighted by Crippen LogP contribution is -2.15. The van der Waals surface area contributed by atoms with Gasteiger partial charge in [-0.05, 0) is 55.0 Å². The van der Waals surface area contributed by atoms with Crippen molar-refractivity contribution in [3.8, 4) is 11.5 Å². The van der Waals surface area contributed by atoms with Crippen molar-refractivity contribution in [1.82, 2.24) is 15.0 Å². The Morgan fingerprint density at radius 1 is 1.03 bits per heavy atom. The minimum absolute atomic E-state index is 0. The minimum atomic E-state index is -0.321. The van der Waals surface area contributed by atoms with Crippen molar-refractivity contribution < 1.29 is 13.9 Å². The smallest absolute Gasteiger partial charge is 0.250 e. The highest BCUT2D eigenvalue weighted by molar-refractivity contribution is 5.85. The first-order valence-corrected chi connectivity index (χ1v) is 9.54. The number of anilines is 4. The molecular formula is C21H25ClFN7O2. The van der Waals surface area contributed by atoms with Crippen molar-refractivity contribution in [3.63, 3.8) is 0 Å². The molecule has 0 bridgehead atoms. The van der Waals surface area contributed by atoms with E-state index in [0.717, 1.165) is 5.56 Å². The third-order valence-electron chi connectivity index (χ3n) is 3.99. The fraction of sp³-hybridized carbons (Fsp3) is 0.238. The van der Waals surface area contributed by atoms with Crippen LogP contribution in [0.5, 0.6) is 11.5 Å². The predicted octanol–water partition coefficient (Wildman–Crippen LogP) is 4.10. The highest BCUT2D eigenvalue weighted by Gasteiger charge is 2.09. The maximum absolute atomic E-state index is 13.1. The largest absolute Gasteiger partial charge is 0.493 e. The topological polar surface area (TPSA) is 96.8 Å². The van der Waals surface area contributed by atoms with E-state index < -0.39 is 0 Å². The molecule has 9 nitrogen and oxygen atoms in total. The van der Waals surface area contributed by atoms with Crippen molar-refractivity contribution in [2.45, 2.75) is 6.92 Å². The van der Waals surface area contributed by atoms with Crippen molar-refractivity contribution in [3.05, 3.63) is 53.8 Å². The second-order valence-corrected chi connectivity index (χ2v) is 6.52. The van der Waals surface area contributed by atoms with Gasteiger partial charge in [0.1, 0.15) is 5.82 Å². The number of rotatable bonds is 9. The Kier molecular flexibility index (Phi) is 8.96. The number of methoxy groups -OCH3 is 1. The lowest BCUT2D eigenvalue weighted by molar-refractivity contribution is 0.311. The number of hydrazone groups is 1. The van der Waals surface area contributed by atoms with Gasteiger partial charge in [0.15, 0.2) is 11.5 Å². The number of hydrogen-bond acceptors (Lipinski definition) is 9. The second-order valence-electron chi connectivity index (χ2n) is 6.52. The zero-order valence-corrected chi connectivity index (χ0v) is 19.0. The molecule has 0 aliphatic heterocycles. The molecule has 0 unspecified atom stereocenters. The Morgan fingerprint density at radius 3 is 2.41 bits per heavy atom. The van der Waals surface area contributed by atoms with E-state index in [1.807, 2.05) is 39.2 Å². The zero-order valence-electron chi connectivity index (χ0n) is 18.2. The molecule has 2 aromatic carbocycles. The van der Waals surface area contributed by atoms with E-state index in [1.54, 1.807) is 30.4 Å². The molecule has 0 saturated carbocycles. The number of benzene rings is 2. The van der Waals surface area contributed by atoms with Crippen LogP contribution < -0.4 is 25.1 Å². The van der Waals surface area contributed by atoms with Crippen LogP contribution in [0.2, 0.25) is 0 Å². The summed E-state index contributed by atoms with van der Waals surface area (Å²) in [4.78, 5) is 14.7. The summed E-state index contributed by atoms with van der Waals surface area (Å²) in [6, 6.07) is 11.4. The van der Waals surface area contributed by atoms with Crippen molar-refractivity contribution in [1.29, 1.82) is 0 Å². The number of aromatic nitrogens is 3. The van der Waals surface area contributed by atoms with E-state index in [9.17, 15) is 4.39 Å². The Morgan fingerprint density at radius 2 is 1.75 bits per heavy atom. The van der Waals surface area contributed by atoms with Crippen molar-refractivity contribution in [2.24, 2.45) is 5.10 Å². The minimum Gasteiger partial charge on any atom is -0.493 e. The highest BCUT2D eigenvalue weighted by atomic mass is 35.5. The van der Waals surface area contributed by atoms with Crippen LogP contribution in [0.25, 0.3) is 0 Å². The van der Waals surface area contributed by atoms with Crippen LogP contribution in [-0.2, 0) is 0 Å². The highest BCUT2D eigenvalue weighted by Crippen LogP contribution is 2.27. The van der Waals surface area contributed by atoms with Gasteiger partial charge in [-0.15, -0.1) is 12.4 Å². The van der Waals surface area contributed by atoms with Gasteiger partial charge < -0.3 is 19.7 Å². The molecule has 0 atom stereocenters. The molecule has 11 heteroatoms. The molecule has 32 heavy (non-hydrogen) atoms. The number of ether oxygens (including phenoxy) is 2. The van der Waals surface area contributed by atoms with E-state index in [1.165, 1.54) is 12.1 Å². The molecule has 0 fully saturated rings. The van der Waals surface area contributed by atoms with Gasteiger partial charge in [0.05, 0.1) is 19.9 Å². The van der Waals surface area contributed by atoms with Crippen LogP contribution in [0, 0.1) is 5.82 Å². The molecule has 170 valence electrons. The summed E-state index contributed by atoms with van der Waals surface area (Å²) < 4.78 is 24.0. The van der Waals surface area contributed by atoms with Crippen LogP contribution in [0.15, 0.2) is 47.6 Å². The molecule has 0 spiro atoms. The quantitative estimate of drug-likeness (QED) is 0.363. The average Bonchev–Trinajstić information content (AvgIpc) is 2.76. The van der Waals surface area contributed by atoms with Gasteiger partial charge in [-0.2, -0.15) is 20.1 Å². The molecule has 0 amide bonds. The molecular weight excluding hydrogens is 437 g/mol. The molecule has 0 saturated heterocycles. The Balaban J connectivity index is 0.00000363. The summed E-state index contributed by atoms with van der Waals surface area (Å²) in [6.45, 7) is 2.46. The maximum Gasteiger partial charge on any atom is 0.250 e. The van der Waals surface area contributed by atoms with Crippen LogP contribution in [-0.4, -0.2) is 49.0 Å². The van der Waals surface area contributed by atoms with E-state index in [2.05, 4.69) is 30.8 Å². The van der Waals surface area contributed by atoms with Gasteiger partial charge in [-0.1, -0.05) is 0 Å². The summed E-state index contributed by atoms with van der Waals surface area (Å²) in [7, 11) is 5.22. The predicted molar refractivity (Wildman–Crippen MR) is 126 cm³/mol. The Labute approximate surface area is 192 Å². The van der Waals surface area contributed by atoms with Crippen LogP contribution in [0.4, 0.5) is 27.9 Å². The number of halogens is 2. The third-order valence-corrected chi connectivity index (χ3v) is 3.99. The molecule has 1 heterocycles. The Bertz CT molecular complexity index is 1050.